The maximum atomic E-state index is 11.4. The standard InChI is InChI=1S/C24H36N2O4/c1-19-23(29)21(27)13-17-25(19)15-11-9-7-5-3-4-6-8-10-12-16-26-18-14-22(28)24(30)20(26)2/h13-14,17-18,29-30H,3-12,15-16H2,1-2H3. The molecular weight excluding hydrogens is 380 g/mol. The quantitative estimate of drug-likeness (QED) is 0.466. The van der Waals surface area contributed by atoms with Crippen LogP contribution in [0.15, 0.2) is 34.1 Å². The summed E-state index contributed by atoms with van der Waals surface area (Å²) in [4.78, 5) is 22.7. The van der Waals surface area contributed by atoms with Crippen LogP contribution >= 0.6 is 0 Å². The first-order valence-electron chi connectivity index (χ1n) is 11.2. The van der Waals surface area contributed by atoms with Crippen LogP contribution in [-0.4, -0.2) is 19.3 Å². The van der Waals surface area contributed by atoms with Crippen molar-refractivity contribution in [2.75, 3.05) is 0 Å². The third kappa shape index (κ3) is 7.08. The maximum absolute atomic E-state index is 11.4. The van der Waals surface area contributed by atoms with E-state index in [2.05, 4.69) is 0 Å². The molecule has 0 radical (unpaired) electrons. The molecule has 0 saturated carbocycles. The number of aromatic hydroxyl groups is 2. The lowest BCUT2D eigenvalue weighted by molar-refractivity contribution is 0.447. The fraction of sp³-hybridized carbons (Fsp3) is 0.583. The first kappa shape index (κ1) is 23.8. The SMILES string of the molecule is Cc1c(O)c(=O)ccn1CCCCCCCCCCCCn1ccc(=O)c(O)c1C. The molecule has 6 nitrogen and oxygen atoms in total. The van der Waals surface area contributed by atoms with Crippen molar-refractivity contribution in [3.8, 4) is 11.5 Å². The number of nitrogens with zero attached hydrogens (tertiary/aromatic N) is 2. The third-order valence-electron chi connectivity index (χ3n) is 5.87. The topological polar surface area (TPSA) is 84.5 Å². The number of rotatable bonds is 13. The largest absolute Gasteiger partial charge is 0.503 e. The van der Waals surface area contributed by atoms with E-state index in [-0.39, 0.29) is 22.4 Å². The Kier molecular flexibility index (Phi) is 9.71. The van der Waals surface area contributed by atoms with E-state index < -0.39 is 0 Å². The van der Waals surface area contributed by atoms with Gasteiger partial charge in [0.25, 0.3) is 0 Å². The van der Waals surface area contributed by atoms with Crippen molar-refractivity contribution in [2.24, 2.45) is 0 Å². The minimum atomic E-state index is -0.310. The highest BCUT2D eigenvalue weighted by atomic mass is 16.3. The van der Waals surface area contributed by atoms with Crippen molar-refractivity contribution < 1.29 is 10.2 Å². The molecule has 0 bridgehead atoms. The molecule has 2 N–H and O–H groups in total. The van der Waals surface area contributed by atoms with Crippen LogP contribution in [0.4, 0.5) is 0 Å². The zero-order chi connectivity index (χ0) is 21.9. The van der Waals surface area contributed by atoms with Crippen molar-refractivity contribution in [1.82, 2.24) is 9.13 Å². The van der Waals surface area contributed by atoms with E-state index in [0.717, 1.165) is 38.8 Å². The van der Waals surface area contributed by atoms with E-state index in [0.29, 0.717) is 11.4 Å². The summed E-state index contributed by atoms with van der Waals surface area (Å²) >= 11 is 0. The summed E-state index contributed by atoms with van der Waals surface area (Å²) in [6.45, 7) is 5.24. The molecule has 0 saturated heterocycles. The Morgan fingerprint density at radius 2 is 0.900 bits per heavy atom. The maximum Gasteiger partial charge on any atom is 0.223 e. The van der Waals surface area contributed by atoms with Gasteiger partial charge < -0.3 is 19.3 Å². The van der Waals surface area contributed by atoms with Crippen molar-refractivity contribution in [3.63, 3.8) is 0 Å². The van der Waals surface area contributed by atoms with Crippen LogP contribution in [0.5, 0.6) is 11.5 Å². The number of aryl methyl sites for hydroxylation is 2. The molecule has 0 aliphatic rings. The summed E-state index contributed by atoms with van der Waals surface area (Å²) < 4.78 is 3.90. The second kappa shape index (κ2) is 12.3. The molecule has 2 heterocycles. The van der Waals surface area contributed by atoms with Crippen LogP contribution in [0.1, 0.15) is 75.6 Å². The molecule has 0 unspecified atom stereocenters. The van der Waals surface area contributed by atoms with Gasteiger partial charge in [0, 0.05) is 37.6 Å². The molecule has 0 aliphatic carbocycles. The molecule has 30 heavy (non-hydrogen) atoms. The average Bonchev–Trinajstić information content (AvgIpc) is 2.74. The molecule has 0 aliphatic heterocycles. The van der Waals surface area contributed by atoms with Gasteiger partial charge in [-0.15, -0.1) is 0 Å². The lowest BCUT2D eigenvalue weighted by atomic mass is 10.1. The number of hydrogen-bond donors (Lipinski definition) is 2. The van der Waals surface area contributed by atoms with Crippen molar-refractivity contribution in [1.29, 1.82) is 0 Å². The molecule has 166 valence electrons. The highest BCUT2D eigenvalue weighted by molar-refractivity contribution is 5.25. The molecule has 2 rings (SSSR count). The normalized spacial score (nSPS) is 11.1. The van der Waals surface area contributed by atoms with E-state index in [4.69, 9.17) is 0 Å². The highest BCUT2D eigenvalue weighted by Crippen LogP contribution is 2.14. The average molecular weight is 417 g/mol. The van der Waals surface area contributed by atoms with Gasteiger partial charge in [-0.1, -0.05) is 51.4 Å². The van der Waals surface area contributed by atoms with Gasteiger partial charge in [0.2, 0.25) is 10.9 Å². The van der Waals surface area contributed by atoms with Crippen LogP contribution in [0.3, 0.4) is 0 Å². The monoisotopic (exact) mass is 416 g/mol. The van der Waals surface area contributed by atoms with Gasteiger partial charge in [0.15, 0.2) is 11.5 Å². The van der Waals surface area contributed by atoms with Gasteiger partial charge in [-0.25, -0.2) is 0 Å². The van der Waals surface area contributed by atoms with E-state index in [1.807, 2.05) is 9.13 Å². The van der Waals surface area contributed by atoms with Crippen LogP contribution in [-0.2, 0) is 13.1 Å². The Hall–Kier alpha value is -2.50. The smallest absolute Gasteiger partial charge is 0.223 e. The number of pyridine rings is 2. The number of unbranched alkanes of at least 4 members (excludes halogenated alkanes) is 9. The second-order valence-electron chi connectivity index (χ2n) is 8.15. The summed E-state index contributed by atoms with van der Waals surface area (Å²) in [6, 6.07) is 2.85. The molecule has 2 aromatic rings. The zero-order valence-electron chi connectivity index (χ0n) is 18.4. The highest BCUT2D eigenvalue weighted by Gasteiger charge is 2.05. The predicted molar refractivity (Wildman–Crippen MR) is 120 cm³/mol. The Morgan fingerprint density at radius 3 is 1.23 bits per heavy atom. The van der Waals surface area contributed by atoms with E-state index in [9.17, 15) is 19.8 Å². The van der Waals surface area contributed by atoms with Crippen LogP contribution < -0.4 is 10.9 Å². The second-order valence-corrected chi connectivity index (χ2v) is 8.15. The van der Waals surface area contributed by atoms with Crippen molar-refractivity contribution in [2.45, 2.75) is 91.1 Å². The summed E-state index contributed by atoms with van der Waals surface area (Å²) in [5, 5.41) is 19.4. The summed E-state index contributed by atoms with van der Waals surface area (Å²) in [7, 11) is 0. The Balaban J connectivity index is 1.46. The van der Waals surface area contributed by atoms with Crippen molar-refractivity contribution >= 4 is 0 Å². The molecular formula is C24H36N2O4. The molecule has 0 atom stereocenters. The summed E-state index contributed by atoms with van der Waals surface area (Å²) in [6.07, 6.45) is 15.5. The van der Waals surface area contributed by atoms with Gasteiger partial charge in [-0.3, -0.25) is 9.59 Å². The molecule has 0 spiro atoms. The fourth-order valence-corrected chi connectivity index (χ4v) is 3.79. The zero-order valence-corrected chi connectivity index (χ0v) is 18.4. The van der Waals surface area contributed by atoms with Crippen LogP contribution in [0.25, 0.3) is 0 Å². The van der Waals surface area contributed by atoms with Gasteiger partial charge in [0.1, 0.15) is 0 Å². The predicted octanol–water partition coefficient (Wildman–Crippen LogP) is 4.64. The Labute approximate surface area is 178 Å². The van der Waals surface area contributed by atoms with Gasteiger partial charge in [0.05, 0.1) is 11.4 Å². The summed E-state index contributed by atoms with van der Waals surface area (Å²) in [5.74, 6) is -0.269. The van der Waals surface area contributed by atoms with Gasteiger partial charge >= 0.3 is 0 Å². The lowest BCUT2D eigenvalue weighted by Crippen LogP contribution is -2.10. The Bertz CT molecular complexity index is 839. The minimum Gasteiger partial charge on any atom is -0.503 e. The fourth-order valence-electron chi connectivity index (χ4n) is 3.79. The molecule has 0 aromatic carbocycles. The first-order chi connectivity index (χ1) is 14.4. The third-order valence-corrected chi connectivity index (χ3v) is 5.87. The molecule has 0 amide bonds. The van der Waals surface area contributed by atoms with Gasteiger partial charge in [-0.2, -0.15) is 0 Å². The van der Waals surface area contributed by atoms with Crippen molar-refractivity contribution in [3.05, 3.63) is 56.4 Å². The van der Waals surface area contributed by atoms with Gasteiger partial charge in [-0.05, 0) is 26.7 Å². The minimum absolute atomic E-state index is 0.134. The molecule has 2 aromatic heterocycles. The number of aromatic nitrogens is 2. The Morgan fingerprint density at radius 1 is 0.600 bits per heavy atom. The van der Waals surface area contributed by atoms with Crippen LogP contribution in [0, 0.1) is 13.8 Å². The van der Waals surface area contributed by atoms with Crippen LogP contribution in [0.2, 0.25) is 0 Å². The lowest BCUT2D eigenvalue weighted by Gasteiger charge is -2.11. The molecule has 6 heteroatoms. The summed E-state index contributed by atoms with van der Waals surface area (Å²) in [5.41, 5.74) is 0.676. The number of hydrogen-bond acceptors (Lipinski definition) is 4. The van der Waals surface area contributed by atoms with E-state index in [1.54, 1.807) is 26.2 Å². The molecule has 0 fully saturated rings. The first-order valence-corrected chi connectivity index (χ1v) is 11.2. The van der Waals surface area contributed by atoms with E-state index >= 15 is 0 Å². The van der Waals surface area contributed by atoms with E-state index in [1.165, 1.54) is 50.7 Å².